The molecule has 0 aliphatic heterocycles. The Morgan fingerprint density at radius 3 is 2.07 bits per heavy atom. The number of hydrogen-bond donors (Lipinski definition) is 2. The van der Waals surface area contributed by atoms with Crippen molar-refractivity contribution < 1.29 is 19.1 Å². The van der Waals surface area contributed by atoms with Gasteiger partial charge >= 0.3 is 5.97 Å². The van der Waals surface area contributed by atoms with Gasteiger partial charge in [0.15, 0.2) is 6.61 Å². The maximum Gasteiger partial charge on any atom is 0.308 e. The summed E-state index contributed by atoms with van der Waals surface area (Å²) in [6.07, 6.45) is -0.0780. The quantitative estimate of drug-likeness (QED) is 0.721. The highest BCUT2D eigenvalue weighted by Gasteiger charge is 2.21. The molecule has 148 valence electrons. The van der Waals surface area contributed by atoms with E-state index >= 15 is 0 Å². The maximum absolute atomic E-state index is 12.5. The highest BCUT2D eigenvalue weighted by Crippen LogP contribution is 2.18. The first-order chi connectivity index (χ1) is 13.2. The van der Waals surface area contributed by atoms with Gasteiger partial charge in [0, 0.05) is 11.1 Å². The zero-order chi connectivity index (χ0) is 20.6. The predicted molar refractivity (Wildman–Crippen MR) is 107 cm³/mol. The van der Waals surface area contributed by atoms with Crippen LogP contribution in [0.3, 0.4) is 0 Å². The van der Waals surface area contributed by atoms with Gasteiger partial charge in [-0.25, -0.2) is 0 Å². The van der Waals surface area contributed by atoms with Gasteiger partial charge in [0.2, 0.25) is 0 Å². The van der Waals surface area contributed by atoms with E-state index in [2.05, 4.69) is 10.6 Å². The average molecular weight is 382 g/mol. The molecule has 2 rings (SSSR count). The topological polar surface area (TPSA) is 84.5 Å². The Kier molecular flexibility index (Phi) is 7.32. The second kappa shape index (κ2) is 9.69. The van der Waals surface area contributed by atoms with Gasteiger partial charge in [0.05, 0.1) is 12.5 Å². The summed E-state index contributed by atoms with van der Waals surface area (Å²) in [7, 11) is 0. The summed E-state index contributed by atoms with van der Waals surface area (Å²) in [6, 6.07) is 17.4. The number of carbonyl (C=O) groups excluding carboxylic acids is 3. The summed E-state index contributed by atoms with van der Waals surface area (Å²) in [4.78, 5) is 36.6. The van der Waals surface area contributed by atoms with Crippen LogP contribution in [0.4, 0.5) is 0 Å². The molecule has 28 heavy (non-hydrogen) atoms. The highest BCUT2D eigenvalue weighted by atomic mass is 16.5. The Morgan fingerprint density at radius 2 is 1.50 bits per heavy atom. The molecule has 1 atom stereocenters. The number of carbonyl (C=O) groups is 3. The fraction of sp³-hybridized carbons (Fsp3) is 0.318. The first-order valence-corrected chi connectivity index (χ1v) is 9.12. The van der Waals surface area contributed by atoms with Gasteiger partial charge in [-0.2, -0.15) is 0 Å². The highest BCUT2D eigenvalue weighted by molar-refractivity contribution is 5.94. The van der Waals surface area contributed by atoms with Crippen molar-refractivity contribution in [2.45, 2.75) is 38.8 Å². The van der Waals surface area contributed by atoms with Crippen molar-refractivity contribution in [3.8, 4) is 0 Å². The Morgan fingerprint density at radius 1 is 0.929 bits per heavy atom. The number of amides is 2. The van der Waals surface area contributed by atoms with Crippen LogP contribution in [0.5, 0.6) is 0 Å². The molecule has 2 aromatic carbocycles. The molecular weight excluding hydrogens is 356 g/mol. The number of nitrogens with one attached hydrogen (secondary N) is 2. The minimum Gasteiger partial charge on any atom is -0.456 e. The van der Waals surface area contributed by atoms with E-state index in [1.807, 2.05) is 57.2 Å². The predicted octanol–water partition coefficient (Wildman–Crippen LogP) is 3.01. The van der Waals surface area contributed by atoms with Crippen LogP contribution in [0.2, 0.25) is 0 Å². The SMILES string of the molecule is CC(C)(C)NC(=O)COC(=O)C[C@H](NC(=O)c1ccccc1)c1ccccc1. The number of ether oxygens (including phenoxy) is 1. The van der Waals surface area contributed by atoms with Crippen LogP contribution in [0.1, 0.15) is 49.2 Å². The molecule has 0 heterocycles. The van der Waals surface area contributed by atoms with E-state index < -0.39 is 17.6 Å². The minimum absolute atomic E-state index is 0.0780. The largest absolute Gasteiger partial charge is 0.456 e. The first kappa shape index (κ1) is 21.2. The van der Waals surface area contributed by atoms with Crippen LogP contribution < -0.4 is 10.6 Å². The Hall–Kier alpha value is -3.15. The molecule has 0 saturated heterocycles. The van der Waals surface area contributed by atoms with Crippen molar-refractivity contribution in [3.05, 3.63) is 71.8 Å². The molecule has 2 aromatic rings. The van der Waals surface area contributed by atoms with Gasteiger partial charge in [0.1, 0.15) is 0 Å². The van der Waals surface area contributed by atoms with Gasteiger partial charge in [-0.1, -0.05) is 48.5 Å². The van der Waals surface area contributed by atoms with E-state index in [4.69, 9.17) is 4.74 Å². The monoisotopic (exact) mass is 382 g/mol. The Labute approximate surface area is 165 Å². The molecule has 2 amide bonds. The van der Waals surface area contributed by atoms with Crippen molar-refractivity contribution in [1.82, 2.24) is 10.6 Å². The lowest BCUT2D eigenvalue weighted by Gasteiger charge is -2.21. The molecule has 2 N–H and O–H groups in total. The van der Waals surface area contributed by atoms with Gasteiger partial charge in [-0.3, -0.25) is 14.4 Å². The van der Waals surface area contributed by atoms with Crippen molar-refractivity contribution in [2.24, 2.45) is 0 Å². The molecule has 0 bridgehead atoms. The van der Waals surface area contributed by atoms with E-state index in [1.54, 1.807) is 24.3 Å². The number of benzene rings is 2. The van der Waals surface area contributed by atoms with Crippen LogP contribution in [0.25, 0.3) is 0 Å². The summed E-state index contributed by atoms with van der Waals surface area (Å²) in [6.45, 7) is 5.18. The summed E-state index contributed by atoms with van der Waals surface area (Å²) in [5, 5.41) is 5.59. The second-order valence-electron chi connectivity index (χ2n) is 7.47. The van der Waals surface area contributed by atoms with Crippen LogP contribution in [-0.2, 0) is 14.3 Å². The zero-order valence-corrected chi connectivity index (χ0v) is 16.4. The first-order valence-electron chi connectivity index (χ1n) is 9.12. The van der Waals surface area contributed by atoms with Crippen LogP contribution in [0, 0.1) is 0 Å². The molecule has 0 spiro atoms. The average Bonchev–Trinajstić information content (AvgIpc) is 2.66. The number of hydrogen-bond acceptors (Lipinski definition) is 4. The van der Waals surface area contributed by atoms with Crippen LogP contribution in [0.15, 0.2) is 60.7 Å². The van der Waals surface area contributed by atoms with Crippen molar-refractivity contribution >= 4 is 17.8 Å². The number of esters is 1. The van der Waals surface area contributed by atoms with E-state index in [0.717, 1.165) is 5.56 Å². The van der Waals surface area contributed by atoms with Crippen LogP contribution in [-0.4, -0.2) is 29.9 Å². The molecule has 0 aliphatic carbocycles. The van der Waals surface area contributed by atoms with Gasteiger partial charge in [-0.15, -0.1) is 0 Å². The van der Waals surface area contributed by atoms with E-state index in [-0.39, 0.29) is 24.8 Å². The van der Waals surface area contributed by atoms with Crippen molar-refractivity contribution in [1.29, 1.82) is 0 Å². The minimum atomic E-state index is -0.564. The molecule has 6 nitrogen and oxygen atoms in total. The maximum atomic E-state index is 12.5. The molecular formula is C22H26N2O4. The molecule has 0 saturated carbocycles. The summed E-state index contributed by atoms with van der Waals surface area (Å²) in [5.41, 5.74) is 0.879. The van der Waals surface area contributed by atoms with Gasteiger partial charge < -0.3 is 15.4 Å². The fourth-order valence-electron chi connectivity index (χ4n) is 2.59. The van der Waals surface area contributed by atoms with Gasteiger partial charge in [-0.05, 0) is 38.5 Å². The lowest BCUT2D eigenvalue weighted by molar-refractivity contribution is -0.149. The van der Waals surface area contributed by atoms with E-state index in [9.17, 15) is 14.4 Å². The molecule has 0 aliphatic rings. The molecule has 0 unspecified atom stereocenters. The zero-order valence-electron chi connectivity index (χ0n) is 16.4. The molecule has 6 heteroatoms. The summed E-state index contributed by atoms with van der Waals surface area (Å²) < 4.78 is 5.09. The van der Waals surface area contributed by atoms with Crippen molar-refractivity contribution in [2.75, 3.05) is 6.61 Å². The fourth-order valence-corrected chi connectivity index (χ4v) is 2.59. The standard InChI is InChI=1S/C22H26N2O4/c1-22(2,3)24-19(25)15-28-20(26)14-18(16-10-6-4-7-11-16)23-21(27)17-12-8-5-9-13-17/h4-13,18H,14-15H2,1-3H3,(H,23,27)(H,24,25)/t18-/m0/s1. The Balaban J connectivity index is 2.01. The summed E-state index contributed by atoms with van der Waals surface area (Å²) >= 11 is 0. The third-order valence-corrected chi connectivity index (χ3v) is 3.79. The molecule has 0 aromatic heterocycles. The Bertz CT molecular complexity index is 798. The van der Waals surface area contributed by atoms with E-state index in [1.165, 1.54) is 0 Å². The van der Waals surface area contributed by atoms with E-state index in [0.29, 0.717) is 5.56 Å². The normalized spacial score (nSPS) is 12.0. The smallest absolute Gasteiger partial charge is 0.308 e. The second-order valence-corrected chi connectivity index (χ2v) is 7.47. The van der Waals surface area contributed by atoms with Gasteiger partial charge in [0.25, 0.3) is 11.8 Å². The molecule has 0 fully saturated rings. The third-order valence-electron chi connectivity index (χ3n) is 3.79. The third kappa shape index (κ3) is 7.23. The molecule has 0 radical (unpaired) electrons. The lowest BCUT2D eigenvalue weighted by Crippen LogP contribution is -2.43. The lowest BCUT2D eigenvalue weighted by atomic mass is 10.0. The van der Waals surface area contributed by atoms with Crippen molar-refractivity contribution in [3.63, 3.8) is 0 Å². The van der Waals surface area contributed by atoms with Crippen LogP contribution >= 0.6 is 0 Å². The summed E-state index contributed by atoms with van der Waals surface area (Å²) in [5.74, 6) is -1.22. The number of rotatable bonds is 7.